The SMILES string of the molecule is CCN(CC(F)(F)F)C(=O)Nc1c(Br)cccc1C(=O)O. The quantitative estimate of drug-likeness (QED) is 0.853. The average Bonchev–Trinajstić information content (AvgIpc) is 2.36. The first-order valence-corrected chi connectivity index (χ1v) is 6.59. The number of carboxylic acid groups (broad SMARTS) is 1. The summed E-state index contributed by atoms with van der Waals surface area (Å²) in [5.41, 5.74) is -0.309. The third-order valence-electron chi connectivity index (χ3n) is 2.52. The number of benzene rings is 1. The number of nitrogens with zero attached hydrogens (tertiary/aromatic N) is 1. The predicted octanol–water partition coefficient (Wildman–Crippen LogP) is 3.56. The lowest BCUT2D eigenvalue weighted by molar-refractivity contribution is -0.139. The first kappa shape index (κ1) is 17.3. The summed E-state index contributed by atoms with van der Waals surface area (Å²) in [7, 11) is 0. The van der Waals surface area contributed by atoms with E-state index in [9.17, 15) is 22.8 Å². The van der Waals surface area contributed by atoms with Gasteiger partial charge in [0.15, 0.2) is 0 Å². The summed E-state index contributed by atoms with van der Waals surface area (Å²) in [5, 5.41) is 11.2. The molecule has 0 atom stereocenters. The summed E-state index contributed by atoms with van der Waals surface area (Å²) in [6.07, 6.45) is -4.53. The highest BCUT2D eigenvalue weighted by Gasteiger charge is 2.32. The summed E-state index contributed by atoms with van der Waals surface area (Å²) < 4.78 is 37.3. The maximum atomic E-state index is 12.4. The normalized spacial score (nSPS) is 11.1. The van der Waals surface area contributed by atoms with Gasteiger partial charge in [0.2, 0.25) is 0 Å². The number of rotatable bonds is 4. The van der Waals surface area contributed by atoms with Crippen LogP contribution in [0.15, 0.2) is 22.7 Å². The summed E-state index contributed by atoms with van der Waals surface area (Å²) in [6.45, 7) is -0.191. The van der Waals surface area contributed by atoms with Crippen molar-refractivity contribution < 1.29 is 27.9 Å². The lowest BCUT2D eigenvalue weighted by Crippen LogP contribution is -2.41. The van der Waals surface area contributed by atoms with Crippen LogP contribution >= 0.6 is 15.9 Å². The lowest BCUT2D eigenvalue weighted by Gasteiger charge is -2.23. The van der Waals surface area contributed by atoms with Gasteiger partial charge in [-0.2, -0.15) is 13.2 Å². The molecule has 1 aromatic carbocycles. The second kappa shape index (κ2) is 6.79. The van der Waals surface area contributed by atoms with Gasteiger partial charge in [-0.15, -0.1) is 0 Å². The van der Waals surface area contributed by atoms with Crippen LogP contribution in [0.2, 0.25) is 0 Å². The van der Waals surface area contributed by atoms with Crippen LogP contribution in [0.4, 0.5) is 23.7 Å². The molecule has 1 rings (SSSR count). The molecule has 0 saturated heterocycles. The Balaban J connectivity index is 3.00. The maximum absolute atomic E-state index is 12.4. The van der Waals surface area contributed by atoms with Gasteiger partial charge in [0.25, 0.3) is 0 Å². The number of hydrogen-bond acceptors (Lipinski definition) is 2. The minimum atomic E-state index is -4.53. The third-order valence-corrected chi connectivity index (χ3v) is 3.18. The lowest BCUT2D eigenvalue weighted by atomic mass is 10.2. The topological polar surface area (TPSA) is 69.6 Å². The molecule has 21 heavy (non-hydrogen) atoms. The summed E-state index contributed by atoms with van der Waals surface area (Å²) in [5.74, 6) is -1.30. The number of carbonyl (C=O) groups is 2. The van der Waals surface area contributed by atoms with E-state index in [4.69, 9.17) is 5.11 Å². The van der Waals surface area contributed by atoms with Crippen molar-refractivity contribution in [2.45, 2.75) is 13.1 Å². The molecule has 0 heterocycles. The molecule has 0 bridgehead atoms. The molecular formula is C12H12BrF3N2O3. The Hall–Kier alpha value is -1.77. The highest BCUT2D eigenvalue weighted by atomic mass is 79.9. The second-order valence-electron chi connectivity index (χ2n) is 4.03. The van der Waals surface area contributed by atoms with Crippen molar-refractivity contribution in [1.82, 2.24) is 4.90 Å². The Kier molecular flexibility index (Phi) is 5.59. The maximum Gasteiger partial charge on any atom is 0.406 e. The summed E-state index contributed by atoms with van der Waals surface area (Å²) in [4.78, 5) is 23.4. The van der Waals surface area contributed by atoms with Crippen molar-refractivity contribution in [3.8, 4) is 0 Å². The monoisotopic (exact) mass is 368 g/mol. The Labute approximate surface area is 126 Å². The van der Waals surface area contributed by atoms with Gasteiger partial charge in [-0.05, 0) is 35.0 Å². The first-order valence-electron chi connectivity index (χ1n) is 5.80. The van der Waals surface area contributed by atoms with E-state index in [1.165, 1.54) is 25.1 Å². The molecule has 0 radical (unpaired) electrons. The van der Waals surface area contributed by atoms with Crippen LogP contribution < -0.4 is 5.32 Å². The number of carbonyl (C=O) groups excluding carboxylic acids is 1. The number of halogens is 4. The smallest absolute Gasteiger partial charge is 0.406 e. The van der Waals surface area contributed by atoms with Crippen LogP contribution in [0.5, 0.6) is 0 Å². The number of alkyl halides is 3. The largest absolute Gasteiger partial charge is 0.478 e. The third kappa shape index (κ3) is 4.92. The zero-order valence-electron chi connectivity index (χ0n) is 10.9. The summed E-state index contributed by atoms with van der Waals surface area (Å²) in [6, 6.07) is 3.13. The summed E-state index contributed by atoms with van der Waals surface area (Å²) >= 11 is 3.06. The molecule has 1 aromatic rings. The van der Waals surface area contributed by atoms with Crippen LogP contribution in [-0.2, 0) is 0 Å². The first-order chi connectivity index (χ1) is 9.65. The van der Waals surface area contributed by atoms with E-state index in [1.54, 1.807) is 0 Å². The van der Waals surface area contributed by atoms with Crippen LogP contribution in [0.1, 0.15) is 17.3 Å². The number of aromatic carboxylic acids is 1. The van der Waals surface area contributed by atoms with E-state index in [2.05, 4.69) is 21.2 Å². The van der Waals surface area contributed by atoms with Crippen molar-refractivity contribution in [2.75, 3.05) is 18.4 Å². The molecule has 0 aromatic heterocycles. The number of para-hydroxylation sites is 1. The highest BCUT2D eigenvalue weighted by Crippen LogP contribution is 2.27. The molecule has 2 amide bonds. The van der Waals surface area contributed by atoms with Crippen LogP contribution in [0.3, 0.4) is 0 Å². The Morgan fingerprint density at radius 2 is 2.00 bits per heavy atom. The molecule has 2 N–H and O–H groups in total. The fourth-order valence-electron chi connectivity index (χ4n) is 1.56. The van der Waals surface area contributed by atoms with E-state index in [1.807, 2.05) is 0 Å². The minimum absolute atomic E-state index is 0.0874. The van der Waals surface area contributed by atoms with E-state index in [-0.39, 0.29) is 22.3 Å². The Morgan fingerprint density at radius 3 is 2.48 bits per heavy atom. The molecule has 0 aliphatic heterocycles. The van der Waals surface area contributed by atoms with Crippen LogP contribution in [0, 0.1) is 0 Å². The molecule has 0 aliphatic carbocycles. The molecule has 116 valence electrons. The van der Waals surface area contributed by atoms with Gasteiger partial charge >= 0.3 is 18.2 Å². The minimum Gasteiger partial charge on any atom is -0.478 e. The Morgan fingerprint density at radius 1 is 1.38 bits per heavy atom. The van der Waals surface area contributed by atoms with Gasteiger partial charge < -0.3 is 15.3 Å². The van der Waals surface area contributed by atoms with E-state index in [0.717, 1.165) is 0 Å². The van der Waals surface area contributed by atoms with Crippen molar-refractivity contribution in [1.29, 1.82) is 0 Å². The van der Waals surface area contributed by atoms with Gasteiger partial charge in [0.05, 0.1) is 11.3 Å². The molecule has 0 unspecified atom stereocenters. The number of urea groups is 1. The van der Waals surface area contributed by atoms with E-state index in [0.29, 0.717) is 4.90 Å². The number of carboxylic acids is 1. The molecule has 0 fully saturated rings. The fourth-order valence-corrected chi connectivity index (χ4v) is 2.02. The number of amides is 2. The number of nitrogens with one attached hydrogen (secondary N) is 1. The zero-order chi connectivity index (χ0) is 16.2. The second-order valence-corrected chi connectivity index (χ2v) is 4.88. The van der Waals surface area contributed by atoms with Gasteiger partial charge in [-0.3, -0.25) is 0 Å². The molecular weight excluding hydrogens is 357 g/mol. The van der Waals surface area contributed by atoms with Crippen molar-refractivity contribution >= 4 is 33.6 Å². The van der Waals surface area contributed by atoms with Gasteiger partial charge in [-0.1, -0.05) is 6.07 Å². The molecule has 5 nitrogen and oxygen atoms in total. The molecule has 9 heteroatoms. The van der Waals surface area contributed by atoms with Crippen molar-refractivity contribution in [2.24, 2.45) is 0 Å². The fraction of sp³-hybridized carbons (Fsp3) is 0.333. The highest BCUT2D eigenvalue weighted by molar-refractivity contribution is 9.10. The van der Waals surface area contributed by atoms with Gasteiger partial charge in [0, 0.05) is 11.0 Å². The Bertz CT molecular complexity index is 549. The van der Waals surface area contributed by atoms with Gasteiger partial charge in [-0.25, -0.2) is 9.59 Å². The number of anilines is 1. The van der Waals surface area contributed by atoms with E-state index >= 15 is 0 Å². The molecule has 0 saturated carbocycles. The van der Waals surface area contributed by atoms with Crippen LogP contribution in [0.25, 0.3) is 0 Å². The predicted molar refractivity (Wildman–Crippen MR) is 73.4 cm³/mol. The molecule has 0 spiro atoms. The van der Waals surface area contributed by atoms with Crippen LogP contribution in [-0.4, -0.2) is 41.3 Å². The van der Waals surface area contributed by atoms with Crippen molar-refractivity contribution in [3.63, 3.8) is 0 Å². The zero-order valence-corrected chi connectivity index (χ0v) is 12.5. The van der Waals surface area contributed by atoms with Gasteiger partial charge in [0.1, 0.15) is 6.54 Å². The van der Waals surface area contributed by atoms with E-state index < -0.39 is 24.7 Å². The standard InChI is InChI=1S/C12H12BrF3N2O3/c1-2-18(6-12(14,15)16)11(21)17-9-7(10(19)20)4-3-5-8(9)13/h3-5H,2,6H2,1H3,(H,17,21)(H,19,20). The molecule has 0 aliphatic rings. The average molecular weight is 369 g/mol. The van der Waals surface area contributed by atoms with Crippen molar-refractivity contribution in [3.05, 3.63) is 28.2 Å². The number of hydrogen-bond donors (Lipinski definition) is 2.